The summed E-state index contributed by atoms with van der Waals surface area (Å²) in [5.41, 5.74) is -4.47. The van der Waals surface area contributed by atoms with Crippen LogP contribution < -0.4 is 21.2 Å². The number of amides is 1. The average Bonchev–Trinajstić information content (AvgIpc) is 2.96. The number of hydrogen-bond acceptors (Lipinski definition) is 1. The Kier molecular flexibility index (Phi) is 8.94. The molecule has 10 heteroatoms. The van der Waals surface area contributed by atoms with Crippen LogP contribution in [0.5, 0.6) is 0 Å². The van der Waals surface area contributed by atoms with Crippen molar-refractivity contribution in [1.82, 2.24) is 5.32 Å². The molecule has 0 aromatic heterocycles. The molecule has 228 valence electrons. The van der Waals surface area contributed by atoms with Crippen LogP contribution in [-0.2, 0) is 12.4 Å². The molecule has 0 radical (unpaired) electrons. The van der Waals surface area contributed by atoms with Crippen molar-refractivity contribution in [1.29, 1.82) is 0 Å². The molecule has 0 spiro atoms. The molecule has 0 fully saturated rings. The van der Waals surface area contributed by atoms with E-state index in [4.69, 9.17) is 0 Å². The third-order valence-electron chi connectivity index (χ3n) is 7.61. The van der Waals surface area contributed by atoms with Gasteiger partial charge in [0.05, 0.1) is 0 Å². The second-order valence-electron chi connectivity index (χ2n) is 11.6. The van der Waals surface area contributed by atoms with E-state index in [-0.39, 0.29) is 12.2 Å². The van der Waals surface area contributed by atoms with E-state index >= 15 is 0 Å². The number of hydrogen-bond donors (Lipinski definition) is 1. The fourth-order valence-corrected chi connectivity index (χ4v) is 13.4. The molecule has 0 aliphatic carbocycles. The van der Waals surface area contributed by atoms with Crippen molar-refractivity contribution in [3.8, 4) is 0 Å². The molecule has 1 atom stereocenters. The SMILES string of the molecule is CC(C)(C)[C@@H](CP(Br)(c1ccccc1)(c1ccccc1)c1ccccc1)NC(=O)c1cc(C(F)(F)F)cc(C(F)(F)F)c1. The average molecular weight is 682 g/mol. The van der Waals surface area contributed by atoms with Crippen molar-refractivity contribution in [2.24, 2.45) is 5.41 Å². The van der Waals surface area contributed by atoms with Crippen molar-refractivity contribution in [3.05, 3.63) is 126 Å². The number of halogens is 7. The quantitative estimate of drug-likeness (QED) is 0.153. The summed E-state index contributed by atoms with van der Waals surface area (Å²) in [6, 6.07) is 29.4. The zero-order valence-corrected chi connectivity index (χ0v) is 26.2. The van der Waals surface area contributed by atoms with Gasteiger partial charge in [-0.25, -0.2) is 0 Å². The Hall–Kier alpha value is -3.16. The minimum absolute atomic E-state index is 0.0171. The van der Waals surface area contributed by atoms with Gasteiger partial charge in [-0.1, -0.05) is 0 Å². The van der Waals surface area contributed by atoms with E-state index in [1.807, 2.05) is 112 Å². The van der Waals surface area contributed by atoms with Gasteiger partial charge in [-0.3, -0.25) is 0 Å². The maximum absolute atomic E-state index is 13.6. The number of rotatable bonds is 7. The van der Waals surface area contributed by atoms with Crippen LogP contribution in [0.4, 0.5) is 26.3 Å². The Morgan fingerprint density at radius 2 is 1.02 bits per heavy atom. The van der Waals surface area contributed by atoms with Crippen LogP contribution in [0.2, 0.25) is 0 Å². The number of carbonyl (C=O) groups is 1. The number of carbonyl (C=O) groups excluding carboxylic acids is 1. The predicted octanol–water partition coefficient (Wildman–Crippen LogP) is 8.71. The molecule has 0 heterocycles. The van der Waals surface area contributed by atoms with Gasteiger partial charge in [0.15, 0.2) is 0 Å². The monoisotopic (exact) mass is 681 g/mol. The van der Waals surface area contributed by atoms with Gasteiger partial charge in [0.2, 0.25) is 0 Å². The molecule has 0 saturated heterocycles. The molecule has 4 aromatic rings. The molecule has 0 unspecified atom stereocenters. The first-order valence-electron chi connectivity index (χ1n) is 13.4. The van der Waals surface area contributed by atoms with Crippen LogP contribution >= 0.6 is 20.8 Å². The molecule has 4 rings (SSSR count). The molecule has 1 amide bonds. The van der Waals surface area contributed by atoms with E-state index < -0.39 is 51.7 Å². The van der Waals surface area contributed by atoms with Gasteiger partial charge < -0.3 is 0 Å². The summed E-state index contributed by atoms with van der Waals surface area (Å²) in [6.07, 6.45) is -9.87. The minimum atomic E-state index is -5.07. The summed E-state index contributed by atoms with van der Waals surface area (Å²) in [6.45, 7) is 5.63. The van der Waals surface area contributed by atoms with Crippen molar-refractivity contribution < 1.29 is 31.1 Å². The van der Waals surface area contributed by atoms with Gasteiger partial charge in [-0.05, 0) is 0 Å². The van der Waals surface area contributed by atoms with Crippen LogP contribution in [0.25, 0.3) is 0 Å². The first-order chi connectivity index (χ1) is 19.9. The standard InChI is InChI=1S/C33H31BrF6NOP/c1-31(2,3)29(41-30(42)23-19-24(32(35,36)37)21-25(20-23)33(38,39)40)22-43(34,26-13-7-4-8-14-26,27-15-9-5-10-16-27)28-17-11-6-12-18-28/h4-21,29H,22H2,1-3H3,(H,41,42)/t29-/m1/s1. The van der Waals surface area contributed by atoms with E-state index in [2.05, 4.69) is 20.8 Å². The van der Waals surface area contributed by atoms with Crippen LogP contribution in [0, 0.1) is 5.41 Å². The van der Waals surface area contributed by atoms with E-state index in [0.717, 1.165) is 15.9 Å². The Bertz CT molecular complexity index is 1440. The van der Waals surface area contributed by atoms with Gasteiger partial charge in [0.1, 0.15) is 0 Å². The Morgan fingerprint density at radius 3 is 1.33 bits per heavy atom. The van der Waals surface area contributed by atoms with Gasteiger partial charge in [-0.2, -0.15) is 0 Å². The molecule has 0 aliphatic rings. The van der Waals surface area contributed by atoms with Gasteiger partial charge in [0, 0.05) is 0 Å². The van der Waals surface area contributed by atoms with E-state index in [1.54, 1.807) is 0 Å². The molecule has 0 bridgehead atoms. The van der Waals surface area contributed by atoms with Gasteiger partial charge >= 0.3 is 256 Å². The summed E-state index contributed by atoms with van der Waals surface area (Å²) in [4.78, 5) is 13.6. The molecule has 43 heavy (non-hydrogen) atoms. The molecule has 0 saturated carbocycles. The topological polar surface area (TPSA) is 29.1 Å². The molecule has 2 nitrogen and oxygen atoms in total. The van der Waals surface area contributed by atoms with Crippen LogP contribution in [0.15, 0.2) is 109 Å². The van der Waals surface area contributed by atoms with Crippen LogP contribution in [-0.4, -0.2) is 18.1 Å². The summed E-state index contributed by atoms with van der Waals surface area (Å²) in [5, 5.41) is 2.07. The van der Waals surface area contributed by atoms with E-state index in [1.165, 1.54) is 0 Å². The fourth-order valence-electron chi connectivity index (χ4n) is 5.19. The van der Waals surface area contributed by atoms with Gasteiger partial charge in [0.25, 0.3) is 0 Å². The summed E-state index contributed by atoms with van der Waals surface area (Å²) >= 11 is 4.31. The summed E-state index contributed by atoms with van der Waals surface area (Å²) in [7, 11) is 0. The van der Waals surface area contributed by atoms with Crippen molar-refractivity contribution in [2.45, 2.75) is 39.2 Å². The zero-order chi connectivity index (χ0) is 31.7. The molecular formula is C33H31BrF6NOP. The van der Waals surface area contributed by atoms with E-state index in [9.17, 15) is 31.1 Å². The molecular weight excluding hydrogens is 651 g/mol. The zero-order valence-electron chi connectivity index (χ0n) is 23.7. The number of nitrogens with one attached hydrogen (secondary N) is 1. The summed E-state index contributed by atoms with van der Waals surface area (Å²) in [5.74, 6) is -1.02. The first-order valence-corrected chi connectivity index (χ1v) is 17.9. The third kappa shape index (κ3) is 6.68. The molecule has 4 aromatic carbocycles. The fraction of sp³-hybridized carbons (Fsp3) is 0.242. The second kappa shape index (κ2) is 11.7. The van der Waals surface area contributed by atoms with Crippen LogP contribution in [0.1, 0.15) is 42.3 Å². The van der Waals surface area contributed by atoms with Crippen molar-refractivity contribution in [3.63, 3.8) is 0 Å². The molecule has 0 aliphatic heterocycles. The van der Waals surface area contributed by atoms with Crippen molar-refractivity contribution >= 4 is 42.6 Å². The predicted molar refractivity (Wildman–Crippen MR) is 166 cm³/mol. The first kappa shape index (κ1) is 32.7. The maximum atomic E-state index is 13.6. The second-order valence-corrected chi connectivity index (χ2v) is 20.5. The Labute approximate surface area is 255 Å². The Balaban J connectivity index is 1.92. The van der Waals surface area contributed by atoms with Gasteiger partial charge in [-0.15, -0.1) is 0 Å². The molecule has 1 N–H and O–H groups in total. The van der Waals surface area contributed by atoms with Crippen molar-refractivity contribution in [2.75, 3.05) is 6.16 Å². The third-order valence-corrected chi connectivity index (χ3v) is 17.3. The normalized spacial score (nSPS) is 14.4. The van der Waals surface area contributed by atoms with Crippen LogP contribution in [0.3, 0.4) is 0 Å². The summed E-state index contributed by atoms with van der Waals surface area (Å²) < 4.78 is 81.5. The Morgan fingerprint density at radius 1 is 0.674 bits per heavy atom. The number of benzene rings is 4. The number of alkyl halides is 6. The van der Waals surface area contributed by atoms with E-state index in [0.29, 0.717) is 12.1 Å².